The number of likely N-dealkylation sites (tertiary alicyclic amines) is 1. The Bertz CT molecular complexity index is 824. The second-order valence-corrected chi connectivity index (χ2v) is 11.9. The number of methoxy groups -OCH3 is 1. The normalized spacial score (nSPS) is 43.6. The summed E-state index contributed by atoms with van der Waals surface area (Å²) in [6, 6.07) is -0.591. The van der Waals surface area contributed by atoms with Crippen molar-refractivity contribution in [1.82, 2.24) is 10.2 Å². The first-order valence-corrected chi connectivity index (χ1v) is 12.8. The van der Waals surface area contributed by atoms with E-state index in [4.69, 9.17) is 19.8 Å². The maximum Gasteiger partial charge on any atom is 0.457 e. The van der Waals surface area contributed by atoms with Crippen molar-refractivity contribution in [3.63, 3.8) is 0 Å². The molecule has 6 fully saturated rings. The zero-order valence-corrected chi connectivity index (χ0v) is 20.8. The van der Waals surface area contributed by atoms with Gasteiger partial charge in [0.15, 0.2) is 0 Å². The Kier molecular flexibility index (Phi) is 5.67. The van der Waals surface area contributed by atoms with Crippen LogP contribution in [0.15, 0.2) is 0 Å². The minimum absolute atomic E-state index is 0.00702. The van der Waals surface area contributed by atoms with Crippen molar-refractivity contribution in [3.05, 3.63) is 0 Å². The molecule has 184 valence electrons. The van der Waals surface area contributed by atoms with Gasteiger partial charge in [0.05, 0.1) is 24.9 Å². The van der Waals surface area contributed by atoms with Crippen molar-refractivity contribution in [3.8, 4) is 0 Å². The Morgan fingerprint density at radius 2 is 2.06 bits per heavy atom. The van der Waals surface area contributed by atoms with Gasteiger partial charge in [-0.2, -0.15) is 0 Å². The van der Waals surface area contributed by atoms with Crippen LogP contribution in [-0.4, -0.2) is 73.4 Å². The van der Waals surface area contributed by atoms with Gasteiger partial charge < -0.3 is 24.7 Å². The van der Waals surface area contributed by atoms with Gasteiger partial charge in [0.2, 0.25) is 5.91 Å². The number of piperidine rings is 1. The number of ether oxygens (including phenoxy) is 1. The van der Waals surface area contributed by atoms with Crippen LogP contribution in [0.25, 0.3) is 0 Å². The van der Waals surface area contributed by atoms with E-state index >= 15 is 0 Å². The summed E-state index contributed by atoms with van der Waals surface area (Å²) in [5, 5.41) is 3.43. The molecule has 3 saturated heterocycles. The zero-order valence-electron chi connectivity index (χ0n) is 20.8. The number of nitrogens with one attached hydrogen (secondary N) is 1. The van der Waals surface area contributed by atoms with Gasteiger partial charge in [0.1, 0.15) is 5.54 Å². The molecule has 0 spiro atoms. The van der Waals surface area contributed by atoms with E-state index in [1.165, 1.54) is 13.5 Å². The summed E-state index contributed by atoms with van der Waals surface area (Å²) in [6.45, 7) is 9.83. The monoisotopic (exact) mass is 461 g/mol. The lowest BCUT2D eigenvalue weighted by atomic mass is 9.43. The molecule has 0 aromatic carbocycles. The number of hydrogen-bond acceptors (Lipinski definition) is 7. The molecule has 6 rings (SSSR count). The van der Waals surface area contributed by atoms with E-state index in [2.05, 4.69) is 26.1 Å². The molecular formula is C24H40BN3O5. The maximum absolute atomic E-state index is 12.8. The predicted octanol–water partition coefficient (Wildman–Crippen LogP) is 1.57. The number of esters is 1. The third-order valence-electron chi connectivity index (χ3n) is 10.1. The van der Waals surface area contributed by atoms with Crippen molar-refractivity contribution < 1.29 is 23.6 Å². The largest absolute Gasteiger partial charge is 0.468 e. The molecule has 33 heavy (non-hydrogen) atoms. The molecule has 0 unspecified atom stereocenters. The van der Waals surface area contributed by atoms with E-state index in [-0.39, 0.29) is 42.7 Å². The summed E-state index contributed by atoms with van der Waals surface area (Å²) in [5.41, 5.74) is 5.33. The van der Waals surface area contributed by atoms with E-state index < -0.39 is 11.6 Å². The van der Waals surface area contributed by atoms with Gasteiger partial charge >= 0.3 is 13.1 Å². The molecule has 3 heterocycles. The molecular weight excluding hydrogens is 421 g/mol. The molecule has 9 heteroatoms. The number of nitrogens with two attached hydrogens (primary N) is 1. The topological polar surface area (TPSA) is 103 Å². The number of fused-ring (bicyclic) bond motifs is 2. The first kappa shape index (κ1) is 23.6. The number of carbonyl (C=O) groups is 2. The van der Waals surface area contributed by atoms with Gasteiger partial charge in [-0.05, 0) is 63.1 Å². The van der Waals surface area contributed by atoms with E-state index in [9.17, 15) is 9.59 Å². The molecule has 3 N–H and O–H groups in total. The van der Waals surface area contributed by atoms with Crippen molar-refractivity contribution >= 4 is 19.0 Å². The fraction of sp³-hybridized carbons (Fsp3) is 0.917. The van der Waals surface area contributed by atoms with Crippen LogP contribution in [0.2, 0.25) is 6.32 Å². The lowest BCUT2D eigenvalue weighted by Gasteiger charge is -2.64. The van der Waals surface area contributed by atoms with E-state index in [1.54, 1.807) is 6.92 Å². The Balaban J connectivity index is 1.25. The molecule has 3 saturated carbocycles. The van der Waals surface area contributed by atoms with Crippen LogP contribution >= 0.6 is 0 Å². The van der Waals surface area contributed by atoms with Crippen molar-refractivity contribution in [2.45, 2.75) is 95.4 Å². The van der Waals surface area contributed by atoms with Crippen LogP contribution in [0.3, 0.4) is 0 Å². The number of nitrogens with zero attached hydrogens (tertiary/aromatic N) is 1. The SMILES string of the molecule is COC(=O)[C@]12CCN(C(=O)[C@H](C)N)[C@@H](CN1)[C@H]2CCCB1O[C@@H]2C[C@@H]3C[C@@H](C3(C)C)[C@]2(C)O1. The van der Waals surface area contributed by atoms with Gasteiger partial charge in [0.25, 0.3) is 0 Å². The smallest absolute Gasteiger partial charge is 0.457 e. The second-order valence-electron chi connectivity index (χ2n) is 11.9. The molecule has 0 radical (unpaired) electrons. The van der Waals surface area contributed by atoms with Gasteiger partial charge in [-0.25, -0.2) is 0 Å². The molecule has 0 aromatic rings. The molecule has 8 atom stereocenters. The highest BCUT2D eigenvalue weighted by atomic mass is 16.7. The molecule has 6 aliphatic rings. The van der Waals surface area contributed by atoms with Crippen LogP contribution in [0.1, 0.15) is 59.8 Å². The van der Waals surface area contributed by atoms with Gasteiger partial charge in [-0.15, -0.1) is 0 Å². The standard InChI is InChI=1S/C24H40BN3O5/c1-14(26)20(29)28-10-8-24(21(30)31-5)16(17(28)13-27-24)7-6-9-25-32-19-12-15-11-18(22(15,2)3)23(19,4)33-25/h14-19,27H,6-13,26H2,1-5H3/t14-,15-,16+,17-,18-,19+,23-,24+/m0/s1. The summed E-state index contributed by atoms with van der Waals surface area (Å²) in [6.07, 6.45) is 5.54. The quantitative estimate of drug-likeness (QED) is 0.457. The maximum atomic E-state index is 12.8. The Morgan fingerprint density at radius 1 is 1.30 bits per heavy atom. The molecule has 0 aromatic heterocycles. The number of hydrogen-bond donors (Lipinski definition) is 2. The van der Waals surface area contributed by atoms with Gasteiger partial charge in [-0.3, -0.25) is 14.9 Å². The van der Waals surface area contributed by atoms with Crippen LogP contribution < -0.4 is 11.1 Å². The highest BCUT2D eigenvalue weighted by Gasteiger charge is 2.67. The van der Waals surface area contributed by atoms with Crippen LogP contribution in [0, 0.1) is 23.2 Å². The van der Waals surface area contributed by atoms with Crippen molar-refractivity contribution in [2.24, 2.45) is 28.9 Å². The summed E-state index contributed by atoms with van der Waals surface area (Å²) in [7, 11) is 1.25. The van der Waals surface area contributed by atoms with Crippen LogP contribution in [0.5, 0.6) is 0 Å². The average molecular weight is 461 g/mol. The fourth-order valence-corrected chi connectivity index (χ4v) is 8.01. The van der Waals surface area contributed by atoms with Crippen LogP contribution in [0.4, 0.5) is 0 Å². The number of rotatable bonds is 6. The first-order valence-electron chi connectivity index (χ1n) is 12.8. The zero-order chi connectivity index (χ0) is 23.8. The summed E-state index contributed by atoms with van der Waals surface area (Å²) < 4.78 is 18.2. The van der Waals surface area contributed by atoms with Gasteiger partial charge in [0, 0.05) is 25.0 Å². The second kappa shape index (κ2) is 7.93. The summed E-state index contributed by atoms with van der Waals surface area (Å²) in [5.74, 6) is 1.01. The molecule has 1 amide bonds. The molecule has 3 aliphatic heterocycles. The van der Waals surface area contributed by atoms with Crippen molar-refractivity contribution in [1.29, 1.82) is 0 Å². The minimum Gasteiger partial charge on any atom is -0.468 e. The van der Waals surface area contributed by atoms with Crippen molar-refractivity contribution in [2.75, 3.05) is 20.2 Å². The highest BCUT2D eigenvalue weighted by molar-refractivity contribution is 6.45. The van der Waals surface area contributed by atoms with Crippen LogP contribution in [-0.2, 0) is 23.6 Å². The van der Waals surface area contributed by atoms with E-state index in [0.717, 1.165) is 31.5 Å². The fourth-order valence-electron chi connectivity index (χ4n) is 8.01. The molecule has 4 bridgehead atoms. The average Bonchev–Trinajstić information content (AvgIpc) is 3.23. The minimum atomic E-state index is -0.726. The van der Waals surface area contributed by atoms with Gasteiger partial charge in [-0.1, -0.05) is 20.3 Å². The summed E-state index contributed by atoms with van der Waals surface area (Å²) in [4.78, 5) is 27.5. The Labute approximate surface area is 197 Å². The first-order chi connectivity index (χ1) is 15.5. The lowest BCUT2D eigenvalue weighted by molar-refractivity contribution is -0.199. The van der Waals surface area contributed by atoms with E-state index in [1.807, 2.05) is 4.90 Å². The van der Waals surface area contributed by atoms with E-state index in [0.29, 0.717) is 30.8 Å². The molecule has 8 nitrogen and oxygen atoms in total. The molecule has 3 aliphatic carbocycles. The third-order valence-corrected chi connectivity index (χ3v) is 10.1. The Morgan fingerprint density at radius 3 is 2.73 bits per heavy atom. The number of amides is 1. The summed E-state index contributed by atoms with van der Waals surface area (Å²) >= 11 is 0. The Hall–Kier alpha value is -1.16. The third kappa shape index (κ3) is 3.33. The highest BCUT2D eigenvalue weighted by Crippen LogP contribution is 2.65. The predicted molar refractivity (Wildman–Crippen MR) is 124 cm³/mol. The lowest BCUT2D eigenvalue weighted by Crippen LogP contribution is -2.65. The number of carbonyl (C=O) groups excluding carboxylic acids is 2.